The fourth-order valence-corrected chi connectivity index (χ4v) is 2.09. The molecule has 0 radical (unpaired) electrons. The van der Waals surface area contributed by atoms with Crippen LogP contribution in [-0.2, 0) is 14.3 Å². The lowest BCUT2D eigenvalue weighted by atomic mass is 10.2. The standard InChI is InChI=1S/C10H17NO4/c12-10(13)9-7-11(3-5-15-9)6-8-2-1-4-14-8/h8-9H,1-7H2,(H,12,13). The highest BCUT2D eigenvalue weighted by atomic mass is 16.5. The average Bonchev–Trinajstić information content (AvgIpc) is 2.71. The predicted octanol–water partition coefficient (Wildman–Crippen LogP) is -0.0492. The van der Waals surface area contributed by atoms with Crippen molar-refractivity contribution in [2.75, 3.05) is 32.8 Å². The third-order valence-corrected chi connectivity index (χ3v) is 2.91. The summed E-state index contributed by atoms with van der Waals surface area (Å²) in [5.74, 6) is -0.868. The number of carboxylic acids is 1. The molecule has 0 saturated carbocycles. The molecule has 0 aromatic carbocycles. The van der Waals surface area contributed by atoms with Crippen LogP contribution in [0.15, 0.2) is 0 Å². The number of nitrogens with zero attached hydrogens (tertiary/aromatic N) is 1. The van der Waals surface area contributed by atoms with Crippen LogP contribution in [0.5, 0.6) is 0 Å². The number of carbonyl (C=O) groups is 1. The van der Waals surface area contributed by atoms with Crippen LogP contribution in [0.4, 0.5) is 0 Å². The maximum atomic E-state index is 10.8. The van der Waals surface area contributed by atoms with Gasteiger partial charge in [0.05, 0.1) is 12.7 Å². The summed E-state index contributed by atoms with van der Waals surface area (Å²) in [7, 11) is 0. The molecule has 0 aromatic rings. The summed E-state index contributed by atoms with van der Waals surface area (Å²) in [6.45, 7) is 3.48. The van der Waals surface area contributed by atoms with Gasteiger partial charge in [0.2, 0.25) is 0 Å². The molecule has 2 atom stereocenters. The Morgan fingerprint density at radius 3 is 2.93 bits per heavy atom. The van der Waals surface area contributed by atoms with Crippen molar-refractivity contribution in [2.45, 2.75) is 25.0 Å². The summed E-state index contributed by atoms with van der Waals surface area (Å²) < 4.78 is 10.7. The average molecular weight is 215 g/mol. The van der Waals surface area contributed by atoms with Crippen LogP contribution in [0.25, 0.3) is 0 Å². The van der Waals surface area contributed by atoms with Gasteiger partial charge in [-0.3, -0.25) is 4.90 Å². The SMILES string of the molecule is O=C(O)C1CN(CC2CCCO2)CCO1. The number of hydrogen-bond acceptors (Lipinski definition) is 4. The quantitative estimate of drug-likeness (QED) is 0.715. The van der Waals surface area contributed by atoms with E-state index in [0.29, 0.717) is 13.2 Å². The Labute approximate surface area is 89.0 Å². The van der Waals surface area contributed by atoms with Crippen molar-refractivity contribution in [2.24, 2.45) is 0 Å². The molecule has 2 aliphatic heterocycles. The molecule has 0 spiro atoms. The molecule has 2 saturated heterocycles. The number of carboxylic acid groups (broad SMARTS) is 1. The number of rotatable bonds is 3. The second-order valence-electron chi connectivity index (χ2n) is 4.09. The Balaban J connectivity index is 1.79. The fraction of sp³-hybridized carbons (Fsp3) is 0.900. The van der Waals surface area contributed by atoms with Crippen molar-refractivity contribution >= 4 is 5.97 Å². The summed E-state index contributed by atoms with van der Waals surface area (Å²) in [4.78, 5) is 12.9. The first-order chi connectivity index (χ1) is 7.25. The van der Waals surface area contributed by atoms with E-state index in [1.807, 2.05) is 0 Å². The molecule has 2 rings (SSSR count). The van der Waals surface area contributed by atoms with Crippen molar-refractivity contribution in [1.82, 2.24) is 4.90 Å². The van der Waals surface area contributed by atoms with Crippen LogP contribution in [0.3, 0.4) is 0 Å². The van der Waals surface area contributed by atoms with Gasteiger partial charge in [0.1, 0.15) is 0 Å². The summed E-state index contributed by atoms with van der Waals surface area (Å²) in [5.41, 5.74) is 0. The molecular weight excluding hydrogens is 198 g/mol. The van der Waals surface area contributed by atoms with Gasteiger partial charge in [0.15, 0.2) is 6.10 Å². The largest absolute Gasteiger partial charge is 0.479 e. The van der Waals surface area contributed by atoms with E-state index in [1.165, 1.54) is 0 Å². The minimum atomic E-state index is -0.868. The van der Waals surface area contributed by atoms with Crippen LogP contribution < -0.4 is 0 Å². The minimum Gasteiger partial charge on any atom is -0.479 e. The molecule has 0 amide bonds. The van der Waals surface area contributed by atoms with E-state index >= 15 is 0 Å². The van der Waals surface area contributed by atoms with E-state index in [2.05, 4.69) is 4.90 Å². The molecule has 2 unspecified atom stereocenters. The van der Waals surface area contributed by atoms with Gasteiger partial charge < -0.3 is 14.6 Å². The Morgan fingerprint density at radius 2 is 2.27 bits per heavy atom. The lowest BCUT2D eigenvalue weighted by molar-refractivity contribution is -0.156. The predicted molar refractivity (Wildman–Crippen MR) is 52.8 cm³/mol. The molecule has 0 aliphatic carbocycles. The summed E-state index contributed by atoms with van der Waals surface area (Å²) in [6.07, 6.45) is 1.84. The third-order valence-electron chi connectivity index (χ3n) is 2.91. The van der Waals surface area contributed by atoms with Gasteiger partial charge in [-0.15, -0.1) is 0 Å². The first kappa shape index (κ1) is 10.9. The summed E-state index contributed by atoms with van der Waals surface area (Å²) >= 11 is 0. The van der Waals surface area contributed by atoms with Crippen molar-refractivity contribution in [3.05, 3.63) is 0 Å². The molecule has 86 valence electrons. The van der Waals surface area contributed by atoms with Crippen LogP contribution >= 0.6 is 0 Å². The summed E-state index contributed by atoms with van der Waals surface area (Å²) in [5, 5.41) is 8.83. The molecule has 0 bridgehead atoms. The highest BCUT2D eigenvalue weighted by Gasteiger charge is 2.28. The molecule has 1 N–H and O–H groups in total. The Hall–Kier alpha value is -0.650. The minimum absolute atomic E-state index is 0.289. The van der Waals surface area contributed by atoms with Gasteiger partial charge in [-0.2, -0.15) is 0 Å². The number of morpholine rings is 1. The molecule has 5 heteroatoms. The van der Waals surface area contributed by atoms with Crippen molar-refractivity contribution in [3.63, 3.8) is 0 Å². The highest BCUT2D eigenvalue weighted by molar-refractivity contribution is 5.72. The molecule has 2 heterocycles. The monoisotopic (exact) mass is 215 g/mol. The van der Waals surface area contributed by atoms with Gasteiger partial charge in [-0.05, 0) is 12.8 Å². The van der Waals surface area contributed by atoms with Gasteiger partial charge >= 0.3 is 5.97 Å². The maximum absolute atomic E-state index is 10.8. The first-order valence-corrected chi connectivity index (χ1v) is 5.44. The molecule has 5 nitrogen and oxygen atoms in total. The zero-order chi connectivity index (χ0) is 10.7. The normalized spacial score (nSPS) is 33.1. The molecular formula is C10H17NO4. The van der Waals surface area contributed by atoms with Gasteiger partial charge in [0.25, 0.3) is 0 Å². The van der Waals surface area contributed by atoms with Crippen LogP contribution in [0.1, 0.15) is 12.8 Å². The topological polar surface area (TPSA) is 59.0 Å². The van der Waals surface area contributed by atoms with E-state index in [4.69, 9.17) is 14.6 Å². The molecule has 2 fully saturated rings. The summed E-state index contributed by atoms with van der Waals surface area (Å²) in [6, 6.07) is 0. The van der Waals surface area contributed by atoms with Crippen molar-refractivity contribution in [3.8, 4) is 0 Å². The zero-order valence-corrected chi connectivity index (χ0v) is 8.72. The third kappa shape index (κ3) is 2.90. The Morgan fingerprint density at radius 1 is 1.40 bits per heavy atom. The number of ether oxygens (including phenoxy) is 2. The van der Waals surface area contributed by atoms with Gasteiger partial charge in [-0.1, -0.05) is 0 Å². The molecule has 15 heavy (non-hydrogen) atoms. The van der Waals surface area contributed by atoms with Crippen LogP contribution in [-0.4, -0.2) is 61.0 Å². The zero-order valence-electron chi connectivity index (χ0n) is 8.72. The van der Waals surface area contributed by atoms with Crippen molar-refractivity contribution in [1.29, 1.82) is 0 Å². The van der Waals surface area contributed by atoms with Crippen LogP contribution in [0.2, 0.25) is 0 Å². The molecule has 2 aliphatic rings. The van der Waals surface area contributed by atoms with E-state index in [1.54, 1.807) is 0 Å². The van der Waals surface area contributed by atoms with E-state index in [-0.39, 0.29) is 6.10 Å². The Kier molecular flexibility index (Phi) is 3.56. The fourth-order valence-electron chi connectivity index (χ4n) is 2.09. The molecule has 0 aromatic heterocycles. The van der Waals surface area contributed by atoms with E-state index < -0.39 is 12.1 Å². The van der Waals surface area contributed by atoms with Crippen molar-refractivity contribution < 1.29 is 19.4 Å². The van der Waals surface area contributed by atoms with Gasteiger partial charge in [0, 0.05) is 26.2 Å². The van der Waals surface area contributed by atoms with Crippen LogP contribution in [0, 0.1) is 0 Å². The Bertz CT molecular complexity index is 227. The first-order valence-electron chi connectivity index (χ1n) is 5.44. The second kappa shape index (κ2) is 4.92. The van der Waals surface area contributed by atoms with E-state index in [0.717, 1.165) is 32.5 Å². The lowest BCUT2D eigenvalue weighted by Gasteiger charge is -2.32. The number of aliphatic carboxylic acids is 1. The smallest absolute Gasteiger partial charge is 0.334 e. The van der Waals surface area contributed by atoms with E-state index in [9.17, 15) is 4.79 Å². The number of hydrogen-bond donors (Lipinski definition) is 1. The lowest BCUT2D eigenvalue weighted by Crippen LogP contribution is -2.48. The van der Waals surface area contributed by atoms with Gasteiger partial charge in [-0.25, -0.2) is 4.79 Å². The highest BCUT2D eigenvalue weighted by Crippen LogP contribution is 2.15. The second-order valence-corrected chi connectivity index (χ2v) is 4.09. The maximum Gasteiger partial charge on any atom is 0.334 e.